The van der Waals surface area contributed by atoms with Gasteiger partial charge < -0.3 is 10.4 Å². The third-order valence-corrected chi connectivity index (χ3v) is 3.14. The lowest BCUT2D eigenvalue weighted by Gasteiger charge is -2.38. The molecular formula is C13H17NO2. The molecular weight excluding hydrogens is 202 g/mol. The van der Waals surface area contributed by atoms with Crippen molar-refractivity contribution in [1.82, 2.24) is 0 Å². The van der Waals surface area contributed by atoms with Gasteiger partial charge in [-0.2, -0.15) is 0 Å². The number of carboxylic acid groups (broad SMARTS) is 1. The molecule has 0 unspecified atom stereocenters. The van der Waals surface area contributed by atoms with Crippen LogP contribution in [0.15, 0.2) is 18.2 Å². The van der Waals surface area contributed by atoms with E-state index in [9.17, 15) is 4.79 Å². The molecule has 16 heavy (non-hydrogen) atoms. The van der Waals surface area contributed by atoms with Gasteiger partial charge in [0.15, 0.2) is 0 Å². The second kappa shape index (κ2) is 3.51. The van der Waals surface area contributed by atoms with E-state index in [0.29, 0.717) is 11.5 Å². The van der Waals surface area contributed by atoms with Gasteiger partial charge >= 0.3 is 5.97 Å². The molecule has 0 saturated carbocycles. The first-order valence-corrected chi connectivity index (χ1v) is 5.55. The summed E-state index contributed by atoms with van der Waals surface area (Å²) in [5, 5.41) is 12.5. The SMILES string of the molecule is C[C@@H]1CC(C)(C)Nc2c(C(=O)O)cccc21. The molecule has 1 aliphatic rings. The summed E-state index contributed by atoms with van der Waals surface area (Å²) in [6.45, 7) is 6.35. The fourth-order valence-electron chi connectivity index (χ4n) is 2.56. The number of anilines is 1. The lowest BCUT2D eigenvalue weighted by atomic mass is 9.81. The van der Waals surface area contributed by atoms with E-state index in [-0.39, 0.29) is 5.54 Å². The molecule has 0 amide bonds. The first kappa shape index (κ1) is 11.0. The topological polar surface area (TPSA) is 49.3 Å². The van der Waals surface area contributed by atoms with Crippen LogP contribution in [0, 0.1) is 0 Å². The number of carbonyl (C=O) groups is 1. The minimum atomic E-state index is -0.866. The fourth-order valence-corrected chi connectivity index (χ4v) is 2.56. The lowest BCUT2D eigenvalue weighted by Crippen LogP contribution is -2.37. The summed E-state index contributed by atoms with van der Waals surface area (Å²) in [7, 11) is 0. The highest BCUT2D eigenvalue weighted by Gasteiger charge is 2.31. The summed E-state index contributed by atoms with van der Waals surface area (Å²) < 4.78 is 0. The number of nitrogens with one attached hydrogen (secondary N) is 1. The van der Waals surface area contributed by atoms with Gasteiger partial charge in [0.05, 0.1) is 11.3 Å². The maximum Gasteiger partial charge on any atom is 0.337 e. The minimum absolute atomic E-state index is 0.0437. The van der Waals surface area contributed by atoms with Crippen LogP contribution in [0.1, 0.15) is 49.0 Å². The zero-order valence-electron chi connectivity index (χ0n) is 9.87. The number of hydrogen-bond acceptors (Lipinski definition) is 2. The highest BCUT2D eigenvalue weighted by Crippen LogP contribution is 2.40. The van der Waals surface area contributed by atoms with E-state index in [4.69, 9.17) is 5.11 Å². The molecule has 0 bridgehead atoms. The van der Waals surface area contributed by atoms with Crippen LogP contribution < -0.4 is 5.32 Å². The predicted octanol–water partition coefficient (Wildman–Crippen LogP) is 3.08. The van der Waals surface area contributed by atoms with Gasteiger partial charge in [0, 0.05) is 5.54 Å². The van der Waals surface area contributed by atoms with Crippen molar-refractivity contribution in [2.45, 2.75) is 38.6 Å². The maximum atomic E-state index is 11.2. The standard InChI is InChI=1S/C13H17NO2/c1-8-7-13(2,3)14-11-9(8)5-4-6-10(11)12(15)16/h4-6,8,14H,7H2,1-3H3,(H,15,16)/t8-/m1/s1. The van der Waals surface area contributed by atoms with Crippen molar-refractivity contribution in [1.29, 1.82) is 0 Å². The van der Waals surface area contributed by atoms with Gasteiger partial charge in [-0.15, -0.1) is 0 Å². The molecule has 0 spiro atoms. The second-order valence-electron chi connectivity index (χ2n) is 5.19. The van der Waals surface area contributed by atoms with E-state index < -0.39 is 5.97 Å². The fraction of sp³-hybridized carbons (Fsp3) is 0.462. The molecule has 1 aliphatic heterocycles. The summed E-state index contributed by atoms with van der Waals surface area (Å²) in [6, 6.07) is 5.48. The quantitative estimate of drug-likeness (QED) is 0.763. The number of carboxylic acids is 1. The lowest BCUT2D eigenvalue weighted by molar-refractivity contribution is 0.0697. The highest BCUT2D eigenvalue weighted by atomic mass is 16.4. The summed E-state index contributed by atoms with van der Waals surface area (Å²) in [6.07, 6.45) is 1.02. The van der Waals surface area contributed by atoms with E-state index in [1.807, 2.05) is 12.1 Å². The smallest absolute Gasteiger partial charge is 0.337 e. The summed E-state index contributed by atoms with van der Waals surface area (Å²) in [4.78, 5) is 11.2. The van der Waals surface area contributed by atoms with Gasteiger partial charge in [-0.05, 0) is 37.8 Å². The van der Waals surface area contributed by atoms with Crippen LogP contribution in [-0.2, 0) is 0 Å². The highest BCUT2D eigenvalue weighted by molar-refractivity contribution is 5.95. The maximum absolute atomic E-state index is 11.2. The first-order chi connectivity index (χ1) is 7.41. The number of rotatable bonds is 1. The third-order valence-electron chi connectivity index (χ3n) is 3.14. The monoisotopic (exact) mass is 219 g/mol. The predicted molar refractivity (Wildman–Crippen MR) is 64.1 cm³/mol. The van der Waals surface area contributed by atoms with Crippen molar-refractivity contribution in [3.8, 4) is 0 Å². The molecule has 0 saturated heterocycles. The average Bonchev–Trinajstić information content (AvgIpc) is 2.14. The van der Waals surface area contributed by atoms with Crippen LogP contribution in [-0.4, -0.2) is 16.6 Å². The molecule has 1 atom stereocenters. The van der Waals surface area contributed by atoms with Gasteiger partial charge in [0.25, 0.3) is 0 Å². The Balaban J connectivity index is 2.57. The van der Waals surface area contributed by atoms with Gasteiger partial charge in [-0.3, -0.25) is 0 Å². The van der Waals surface area contributed by atoms with Crippen LogP contribution >= 0.6 is 0 Å². The average molecular weight is 219 g/mol. The van der Waals surface area contributed by atoms with Gasteiger partial charge in [0.1, 0.15) is 0 Å². The largest absolute Gasteiger partial charge is 0.478 e. The zero-order chi connectivity index (χ0) is 11.9. The minimum Gasteiger partial charge on any atom is -0.478 e. The Labute approximate surface area is 95.5 Å². The molecule has 1 aromatic carbocycles. The Morgan fingerprint density at radius 1 is 1.50 bits per heavy atom. The van der Waals surface area contributed by atoms with Crippen LogP contribution in [0.2, 0.25) is 0 Å². The zero-order valence-corrected chi connectivity index (χ0v) is 9.87. The van der Waals surface area contributed by atoms with Crippen LogP contribution in [0.5, 0.6) is 0 Å². The molecule has 1 aromatic rings. The van der Waals surface area contributed by atoms with Crippen molar-refractivity contribution in [2.24, 2.45) is 0 Å². The Morgan fingerprint density at radius 3 is 2.81 bits per heavy atom. The van der Waals surface area contributed by atoms with Crippen LogP contribution in [0.4, 0.5) is 5.69 Å². The molecule has 3 heteroatoms. The van der Waals surface area contributed by atoms with E-state index >= 15 is 0 Å². The molecule has 2 N–H and O–H groups in total. The van der Waals surface area contributed by atoms with Gasteiger partial charge in [-0.25, -0.2) is 4.79 Å². The molecule has 0 aromatic heterocycles. The Hall–Kier alpha value is -1.51. The van der Waals surface area contributed by atoms with Gasteiger partial charge in [0.2, 0.25) is 0 Å². The van der Waals surface area contributed by atoms with E-state index in [1.54, 1.807) is 6.07 Å². The number of benzene rings is 1. The van der Waals surface area contributed by atoms with Gasteiger partial charge in [-0.1, -0.05) is 19.1 Å². The van der Waals surface area contributed by atoms with Crippen molar-refractivity contribution in [3.63, 3.8) is 0 Å². The van der Waals surface area contributed by atoms with E-state index in [2.05, 4.69) is 26.1 Å². The van der Waals surface area contributed by atoms with Crippen molar-refractivity contribution >= 4 is 11.7 Å². The van der Waals surface area contributed by atoms with Crippen LogP contribution in [0.25, 0.3) is 0 Å². The van der Waals surface area contributed by atoms with E-state index in [1.165, 1.54) is 0 Å². The second-order valence-corrected chi connectivity index (χ2v) is 5.19. The molecule has 86 valence electrons. The van der Waals surface area contributed by atoms with Crippen molar-refractivity contribution in [2.75, 3.05) is 5.32 Å². The number of hydrogen-bond donors (Lipinski definition) is 2. The molecule has 0 fully saturated rings. The molecule has 0 aliphatic carbocycles. The molecule has 0 radical (unpaired) electrons. The summed E-state index contributed by atoms with van der Waals surface area (Å²) in [5.41, 5.74) is 2.23. The summed E-state index contributed by atoms with van der Waals surface area (Å²) >= 11 is 0. The Bertz CT molecular complexity index is 438. The van der Waals surface area contributed by atoms with E-state index in [0.717, 1.165) is 17.7 Å². The number of para-hydroxylation sites is 1. The van der Waals surface area contributed by atoms with Crippen LogP contribution in [0.3, 0.4) is 0 Å². The molecule has 2 rings (SSSR count). The van der Waals surface area contributed by atoms with Crippen molar-refractivity contribution in [3.05, 3.63) is 29.3 Å². The molecule has 1 heterocycles. The third kappa shape index (κ3) is 1.77. The number of aromatic carboxylic acids is 1. The Morgan fingerprint density at radius 2 is 2.19 bits per heavy atom. The summed E-state index contributed by atoms with van der Waals surface area (Å²) in [5.74, 6) is -0.472. The normalized spacial score (nSPS) is 22.1. The van der Waals surface area contributed by atoms with Crippen molar-refractivity contribution < 1.29 is 9.90 Å². The number of fused-ring (bicyclic) bond motifs is 1. The first-order valence-electron chi connectivity index (χ1n) is 5.55. The Kier molecular flexibility index (Phi) is 2.41. The molecule has 3 nitrogen and oxygen atoms in total.